The zero-order chi connectivity index (χ0) is 33.7. The molecule has 0 amide bonds. The third-order valence-electron chi connectivity index (χ3n) is 9.99. The fourth-order valence-corrected chi connectivity index (χ4v) is 8.85. The van der Waals surface area contributed by atoms with E-state index >= 15 is 0 Å². The van der Waals surface area contributed by atoms with E-state index in [-0.39, 0.29) is 0 Å². The molecule has 0 aliphatic carbocycles. The first-order valence-corrected chi connectivity index (χ1v) is 18.2. The van der Waals surface area contributed by atoms with Crippen LogP contribution in [-0.4, -0.2) is 4.57 Å². The first-order chi connectivity index (χ1) is 25.3. The number of fused-ring (bicyclic) bond motifs is 6. The number of thiophene rings is 1. The summed E-state index contributed by atoms with van der Waals surface area (Å²) in [6.45, 7) is 0. The molecule has 3 heteroatoms. The van der Waals surface area contributed by atoms with Crippen LogP contribution in [0.3, 0.4) is 0 Å². The minimum Gasteiger partial charge on any atom is -0.310 e. The first kappa shape index (κ1) is 29.5. The Morgan fingerprint density at radius 3 is 1.76 bits per heavy atom. The van der Waals surface area contributed by atoms with Crippen molar-refractivity contribution in [3.8, 4) is 27.9 Å². The molecule has 240 valence electrons. The SMILES string of the molecule is c1ccc(-c2cccc(N(c3ccc4c(c3)sc3ccccc34)c3ccccc3-c3ccccc3-n3c4ccccc4c4ccccc43)c2)cc1. The summed E-state index contributed by atoms with van der Waals surface area (Å²) in [6.07, 6.45) is 0. The normalized spacial score (nSPS) is 11.5. The van der Waals surface area contributed by atoms with E-state index in [2.05, 4.69) is 204 Å². The lowest BCUT2D eigenvalue weighted by Crippen LogP contribution is -2.11. The summed E-state index contributed by atoms with van der Waals surface area (Å²) in [5.41, 5.74) is 11.6. The number of benzene rings is 8. The van der Waals surface area contributed by atoms with Crippen LogP contribution in [0.5, 0.6) is 0 Å². The maximum atomic E-state index is 2.44. The molecule has 0 fully saturated rings. The molecule has 0 saturated heterocycles. The van der Waals surface area contributed by atoms with E-state index in [1.165, 1.54) is 58.7 Å². The molecule has 2 nitrogen and oxygen atoms in total. The largest absolute Gasteiger partial charge is 0.310 e. The van der Waals surface area contributed by atoms with Gasteiger partial charge in [-0.3, -0.25) is 0 Å². The summed E-state index contributed by atoms with van der Waals surface area (Å²) >= 11 is 1.86. The van der Waals surface area contributed by atoms with Crippen molar-refractivity contribution in [2.45, 2.75) is 0 Å². The minimum absolute atomic E-state index is 1.11. The number of hydrogen-bond acceptors (Lipinski definition) is 2. The highest BCUT2D eigenvalue weighted by molar-refractivity contribution is 7.25. The van der Waals surface area contributed by atoms with Gasteiger partial charge in [0, 0.05) is 53.4 Å². The lowest BCUT2D eigenvalue weighted by atomic mass is 9.99. The van der Waals surface area contributed by atoms with Gasteiger partial charge in [0.15, 0.2) is 0 Å². The van der Waals surface area contributed by atoms with Crippen molar-refractivity contribution in [2.75, 3.05) is 4.90 Å². The molecule has 0 radical (unpaired) electrons. The summed E-state index contributed by atoms with van der Waals surface area (Å²) in [5.74, 6) is 0. The summed E-state index contributed by atoms with van der Waals surface area (Å²) < 4.78 is 5.02. The third kappa shape index (κ3) is 4.93. The van der Waals surface area contributed by atoms with Crippen LogP contribution in [0.25, 0.3) is 69.9 Å². The van der Waals surface area contributed by atoms with Gasteiger partial charge >= 0.3 is 0 Å². The van der Waals surface area contributed by atoms with Crippen LogP contribution in [0.4, 0.5) is 17.1 Å². The quantitative estimate of drug-likeness (QED) is 0.171. The van der Waals surface area contributed by atoms with Gasteiger partial charge in [-0.05, 0) is 65.7 Å². The maximum absolute atomic E-state index is 2.44. The van der Waals surface area contributed by atoms with Crippen LogP contribution in [0.1, 0.15) is 0 Å². The van der Waals surface area contributed by atoms with Crippen LogP contribution in [0.15, 0.2) is 194 Å². The molecule has 0 aliphatic rings. The molecule has 0 aliphatic heterocycles. The number of anilines is 3. The number of hydrogen-bond donors (Lipinski definition) is 0. The van der Waals surface area contributed by atoms with Crippen LogP contribution < -0.4 is 4.90 Å². The second-order valence-corrected chi connectivity index (χ2v) is 14.0. The molecule has 2 heterocycles. The molecule has 8 aromatic carbocycles. The predicted octanol–water partition coefficient (Wildman–Crippen LogP) is 14.0. The van der Waals surface area contributed by atoms with Crippen molar-refractivity contribution < 1.29 is 0 Å². The first-order valence-electron chi connectivity index (χ1n) is 17.4. The van der Waals surface area contributed by atoms with E-state index < -0.39 is 0 Å². The smallest absolute Gasteiger partial charge is 0.0541 e. The average Bonchev–Trinajstić information content (AvgIpc) is 3.74. The second kappa shape index (κ2) is 12.2. The molecular weight excluding hydrogens is 637 g/mol. The van der Waals surface area contributed by atoms with Crippen molar-refractivity contribution >= 4 is 70.4 Å². The monoisotopic (exact) mass is 668 g/mol. The van der Waals surface area contributed by atoms with Gasteiger partial charge in [-0.15, -0.1) is 11.3 Å². The van der Waals surface area contributed by atoms with Crippen LogP contribution in [-0.2, 0) is 0 Å². The zero-order valence-corrected chi connectivity index (χ0v) is 28.6. The highest BCUT2D eigenvalue weighted by Crippen LogP contribution is 2.46. The molecule has 0 bridgehead atoms. The predicted molar refractivity (Wildman–Crippen MR) is 219 cm³/mol. The van der Waals surface area contributed by atoms with Crippen LogP contribution in [0.2, 0.25) is 0 Å². The number of aromatic nitrogens is 1. The summed E-state index contributed by atoms with van der Waals surface area (Å²) in [7, 11) is 0. The number of nitrogens with zero attached hydrogens (tertiary/aromatic N) is 2. The standard InChI is InChI=1S/C48H32N2S/c1-2-15-33(16-3-1)34-17-14-18-35(31-34)49(36-29-30-42-41-23-8-13-28-47(41)51-48(42)32-36)43-24-9-4-19-37(43)38-20-5-10-25-44(38)50-45-26-11-6-21-39(45)40-22-7-12-27-46(40)50/h1-32H. The summed E-state index contributed by atoms with van der Waals surface area (Å²) in [4.78, 5) is 2.44. The van der Waals surface area contributed by atoms with E-state index in [1.54, 1.807) is 0 Å². The minimum atomic E-state index is 1.11. The lowest BCUT2D eigenvalue weighted by Gasteiger charge is -2.29. The molecule has 10 aromatic rings. The Kier molecular flexibility index (Phi) is 7.04. The number of rotatable bonds is 6. The molecule has 0 spiro atoms. The van der Waals surface area contributed by atoms with Crippen molar-refractivity contribution in [1.29, 1.82) is 0 Å². The Morgan fingerprint density at radius 2 is 0.961 bits per heavy atom. The Hall–Kier alpha value is -6.42. The van der Waals surface area contributed by atoms with E-state index in [0.29, 0.717) is 0 Å². The van der Waals surface area contributed by atoms with E-state index in [1.807, 2.05) is 11.3 Å². The van der Waals surface area contributed by atoms with Crippen molar-refractivity contribution in [1.82, 2.24) is 4.57 Å². The molecule has 0 atom stereocenters. The Bertz CT molecular complexity index is 2830. The summed E-state index contributed by atoms with van der Waals surface area (Å²) in [5, 5.41) is 5.11. The fraction of sp³-hybridized carbons (Fsp3) is 0. The van der Waals surface area contributed by atoms with Gasteiger partial charge in [-0.25, -0.2) is 0 Å². The highest BCUT2D eigenvalue weighted by Gasteiger charge is 2.22. The van der Waals surface area contributed by atoms with E-state index in [9.17, 15) is 0 Å². The highest BCUT2D eigenvalue weighted by atomic mass is 32.1. The zero-order valence-electron chi connectivity index (χ0n) is 27.8. The Balaban J connectivity index is 1.22. The van der Waals surface area contributed by atoms with Crippen molar-refractivity contribution in [2.24, 2.45) is 0 Å². The van der Waals surface area contributed by atoms with Gasteiger partial charge in [0.05, 0.1) is 22.4 Å². The molecule has 0 unspecified atom stereocenters. The molecule has 2 aromatic heterocycles. The van der Waals surface area contributed by atoms with Gasteiger partial charge in [0.2, 0.25) is 0 Å². The van der Waals surface area contributed by atoms with Gasteiger partial charge in [-0.2, -0.15) is 0 Å². The molecule has 0 saturated carbocycles. The fourth-order valence-electron chi connectivity index (χ4n) is 7.71. The molecule has 0 N–H and O–H groups in total. The van der Waals surface area contributed by atoms with E-state index in [4.69, 9.17) is 0 Å². The van der Waals surface area contributed by atoms with Gasteiger partial charge < -0.3 is 9.47 Å². The van der Waals surface area contributed by atoms with Gasteiger partial charge in [0.25, 0.3) is 0 Å². The maximum Gasteiger partial charge on any atom is 0.0541 e. The Labute approximate surface area is 300 Å². The van der Waals surface area contributed by atoms with Crippen LogP contribution in [0, 0.1) is 0 Å². The third-order valence-corrected chi connectivity index (χ3v) is 11.1. The molecule has 10 rings (SSSR count). The average molecular weight is 669 g/mol. The van der Waals surface area contributed by atoms with Gasteiger partial charge in [-0.1, -0.05) is 140 Å². The van der Waals surface area contributed by atoms with Crippen molar-refractivity contribution in [3.63, 3.8) is 0 Å². The molecule has 51 heavy (non-hydrogen) atoms. The summed E-state index contributed by atoms with van der Waals surface area (Å²) in [6, 6.07) is 70.4. The molecular formula is C48H32N2S. The second-order valence-electron chi connectivity index (χ2n) is 12.9. The van der Waals surface area contributed by atoms with E-state index in [0.717, 1.165) is 28.3 Å². The topological polar surface area (TPSA) is 8.17 Å². The van der Waals surface area contributed by atoms with Crippen LogP contribution >= 0.6 is 11.3 Å². The van der Waals surface area contributed by atoms with Gasteiger partial charge in [0.1, 0.15) is 0 Å². The lowest BCUT2D eigenvalue weighted by molar-refractivity contribution is 1.18. The van der Waals surface area contributed by atoms with Crippen molar-refractivity contribution in [3.05, 3.63) is 194 Å². The number of para-hydroxylation sites is 4. The Morgan fingerprint density at radius 1 is 0.373 bits per heavy atom.